The van der Waals surface area contributed by atoms with E-state index in [0.717, 1.165) is 32.1 Å². The minimum Gasteiger partial charge on any atom is -0.361 e. The summed E-state index contributed by atoms with van der Waals surface area (Å²) in [5, 5.41) is 14.3. The molecule has 0 saturated carbocycles. The molecule has 2 fully saturated rings. The molecule has 102 valence electrons. The Morgan fingerprint density at radius 2 is 2.26 bits per heavy atom. The van der Waals surface area contributed by atoms with Crippen molar-refractivity contribution in [2.75, 3.05) is 24.5 Å². The average Bonchev–Trinajstić information content (AvgIpc) is 2.94. The van der Waals surface area contributed by atoms with E-state index in [4.69, 9.17) is 11.6 Å². The highest BCUT2D eigenvalue weighted by Gasteiger charge is 2.40. The molecule has 2 atom stereocenters. The SMILES string of the molecule is O=[N+]([O-])c1cc(F)c(Cl)cc1N1CC[C@H]2CNC[C@H]21. The first-order chi connectivity index (χ1) is 9.08. The third-order valence-electron chi connectivity index (χ3n) is 3.97. The van der Waals surface area contributed by atoms with E-state index in [-0.39, 0.29) is 16.8 Å². The lowest BCUT2D eigenvalue weighted by Gasteiger charge is -2.25. The minimum atomic E-state index is -0.752. The number of hydrogen-bond acceptors (Lipinski definition) is 4. The number of nitrogens with one attached hydrogen (secondary N) is 1. The maximum atomic E-state index is 13.4. The van der Waals surface area contributed by atoms with Gasteiger partial charge in [0.1, 0.15) is 11.5 Å². The molecule has 0 radical (unpaired) electrons. The standard InChI is InChI=1S/C12H13ClFN3O2/c13-8-3-10(11(17(18)19)4-9(8)14)16-2-1-7-5-15-6-12(7)16/h3-4,7,12,15H,1-2,5-6H2/t7-,12+/m0/s1. The van der Waals surface area contributed by atoms with Crippen LogP contribution in [0, 0.1) is 21.8 Å². The first kappa shape index (κ1) is 12.6. The fourth-order valence-electron chi connectivity index (χ4n) is 3.05. The van der Waals surface area contributed by atoms with Gasteiger partial charge in [-0.1, -0.05) is 11.6 Å². The number of nitro groups is 1. The average molecular weight is 286 g/mol. The van der Waals surface area contributed by atoms with Gasteiger partial charge >= 0.3 is 0 Å². The van der Waals surface area contributed by atoms with Gasteiger partial charge in [-0.3, -0.25) is 10.1 Å². The Hall–Kier alpha value is -1.40. The van der Waals surface area contributed by atoms with E-state index in [1.807, 2.05) is 4.90 Å². The van der Waals surface area contributed by atoms with Crippen molar-refractivity contribution in [3.8, 4) is 0 Å². The molecular weight excluding hydrogens is 273 g/mol. The zero-order valence-electron chi connectivity index (χ0n) is 10.1. The van der Waals surface area contributed by atoms with E-state index in [0.29, 0.717) is 11.6 Å². The summed E-state index contributed by atoms with van der Waals surface area (Å²) < 4.78 is 13.4. The molecule has 2 heterocycles. The van der Waals surface area contributed by atoms with Crippen molar-refractivity contribution >= 4 is 23.0 Å². The molecule has 1 aromatic rings. The van der Waals surface area contributed by atoms with E-state index >= 15 is 0 Å². The molecule has 0 aliphatic carbocycles. The molecule has 2 aliphatic heterocycles. The van der Waals surface area contributed by atoms with E-state index in [1.165, 1.54) is 6.07 Å². The number of nitrogens with zero attached hydrogens (tertiary/aromatic N) is 2. The van der Waals surface area contributed by atoms with Crippen LogP contribution in [0.25, 0.3) is 0 Å². The van der Waals surface area contributed by atoms with Crippen LogP contribution in [-0.4, -0.2) is 30.6 Å². The van der Waals surface area contributed by atoms with Crippen LogP contribution in [0.1, 0.15) is 6.42 Å². The zero-order valence-corrected chi connectivity index (χ0v) is 10.9. The summed E-state index contributed by atoms with van der Waals surface area (Å²) in [5.41, 5.74) is 0.210. The van der Waals surface area contributed by atoms with Gasteiger partial charge in [0.25, 0.3) is 5.69 Å². The number of anilines is 1. The fraction of sp³-hybridized carbons (Fsp3) is 0.500. The Kier molecular flexibility index (Phi) is 3.06. The maximum Gasteiger partial charge on any atom is 0.295 e. The maximum absolute atomic E-state index is 13.4. The molecule has 5 nitrogen and oxygen atoms in total. The van der Waals surface area contributed by atoms with Gasteiger partial charge in [0.2, 0.25) is 0 Å². The molecule has 2 saturated heterocycles. The highest BCUT2D eigenvalue weighted by Crippen LogP contribution is 2.39. The van der Waals surface area contributed by atoms with Crippen molar-refractivity contribution in [3.63, 3.8) is 0 Å². The lowest BCUT2D eigenvalue weighted by atomic mass is 10.0. The smallest absolute Gasteiger partial charge is 0.295 e. The Morgan fingerprint density at radius 1 is 1.47 bits per heavy atom. The molecule has 0 spiro atoms. The van der Waals surface area contributed by atoms with Crippen molar-refractivity contribution in [1.29, 1.82) is 0 Å². The van der Waals surface area contributed by atoms with Crippen molar-refractivity contribution < 1.29 is 9.31 Å². The van der Waals surface area contributed by atoms with E-state index in [1.54, 1.807) is 0 Å². The molecule has 7 heteroatoms. The molecule has 3 rings (SSSR count). The van der Waals surface area contributed by atoms with Crippen molar-refractivity contribution in [1.82, 2.24) is 5.32 Å². The second-order valence-corrected chi connectivity index (χ2v) is 5.39. The van der Waals surface area contributed by atoms with Gasteiger partial charge in [-0.25, -0.2) is 4.39 Å². The van der Waals surface area contributed by atoms with Crippen LogP contribution in [0.15, 0.2) is 12.1 Å². The summed E-state index contributed by atoms with van der Waals surface area (Å²) in [4.78, 5) is 12.5. The van der Waals surface area contributed by atoms with E-state index in [2.05, 4.69) is 5.32 Å². The predicted molar refractivity (Wildman–Crippen MR) is 70.2 cm³/mol. The molecule has 19 heavy (non-hydrogen) atoms. The highest BCUT2D eigenvalue weighted by atomic mass is 35.5. The second-order valence-electron chi connectivity index (χ2n) is 4.98. The monoisotopic (exact) mass is 285 g/mol. The second kappa shape index (κ2) is 4.61. The summed E-state index contributed by atoms with van der Waals surface area (Å²) in [7, 11) is 0. The molecule has 0 bridgehead atoms. The van der Waals surface area contributed by atoms with Gasteiger partial charge in [0.15, 0.2) is 0 Å². The quantitative estimate of drug-likeness (QED) is 0.668. The minimum absolute atomic E-state index is 0.0741. The molecule has 0 aromatic heterocycles. The Bertz CT molecular complexity index is 540. The van der Waals surface area contributed by atoms with E-state index < -0.39 is 10.7 Å². The number of fused-ring (bicyclic) bond motifs is 1. The van der Waals surface area contributed by atoms with E-state index in [9.17, 15) is 14.5 Å². The van der Waals surface area contributed by atoms with Crippen LogP contribution in [0.4, 0.5) is 15.8 Å². The fourth-order valence-corrected chi connectivity index (χ4v) is 3.21. The molecule has 1 N–H and O–H groups in total. The molecule has 0 unspecified atom stereocenters. The molecular formula is C12H13ClFN3O2. The Balaban J connectivity index is 2.04. The molecule has 1 aromatic carbocycles. The number of benzene rings is 1. The number of nitro benzene ring substituents is 1. The van der Waals surface area contributed by atoms with Gasteiger partial charge in [-0.15, -0.1) is 0 Å². The van der Waals surface area contributed by atoms with Crippen molar-refractivity contribution in [3.05, 3.63) is 33.1 Å². The lowest BCUT2D eigenvalue weighted by Crippen LogP contribution is -2.34. The summed E-state index contributed by atoms with van der Waals surface area (Å²) in [5.74, 6) is -0.249. The summed E-state index contributed by atoms with van der Waals surface area (Å²) in [6.45, 7) is 2.49. The Labute approximate surface area is 114 Å². The van der Waals surface area contributed by atoms with Gasteiger partial charge in [-0.05, 0) is 18.4 Å². The van der Waals surface area contributed by atoms with Crippen molar-refractivity contribution in [2.45, 2.75) is 12.5 Å². The van der Waals surface area contributed by atoms with Crippen LogP contribution >= 0.6 is 11.6 Å². The molecule has 2 aliphatic rings. The van der Waals surface area contributed by atoms with Gasteiger partial charge in [0.05, 0.1) is 16.0 Å². The topological polar surface area (TPSA) is 58.4 Å². The van der Waals surface area contributed by atoms with Crippen LogP contribution in [0.2, 0.25) is 5.02 Å². The van der Waals surface area contributed by atoms with Crippen LogP contribution in [0.3, 0.4) is 0 Å². The number of hydrogen-bond donors (Lipinski definition) is 1. The van der Waals surface area contributed by atoms with Crippen LogP contribution < -0.4 is 10.2 Å². The van der Waals surface area contributed by atoms with Crippen molar-refractivity contribution in [2.24, 2.45) is 5.92 Å². The number of halogens is 2. The van der Waals surface area contributed by atoms with Gasteiger partial charge in [-0.2, -0.15) is 0 Å². The van der Waals surface area contributed by atoms with Gasteiger partial charge < -0.3 is 10.2 Å². The summed E-state index contributed by atoms with van der Waals surface area (Å²) >= 11 is 5.77. The normalized spacial score (nSPS) is 25.7. The highest BCUT2D eigenvalue weighted by molar-refractivity contribution is 6.31. The van der Waals surface area contributed by atoms with Crippen LogP contribution in [0.5, 0.6) is 0 Å². The van der Waals surface area contributed by atoms with Crippen LogP contribution in [-0.2, 0) is 0 Å². The Morgan fingerprint density at radius 3 is 3.00 bits per heavy atom. The largest absolute Gasteiger partial charge is 0.361 e. The lowest BCUT2D eigenvalue weighted by molar-refractivity contribution is -0.384. The third kappa shape index (κ3) is 2.04. The number of rotatable bonds is 2. The van der Waals surface area contributed by atoms with Gasteiger partial charge in [0, 0.05) is 25.7 Å². The first-order valence-corrected chi connectivity index (χ1v) is 6.56. The predicted octanol–water partition coefficient (Wildman–Crippen LogP) is 2.19. The molecule has 0 amide bonds. The first-order valence-electron chi connectivity index (χ1n) is 6.18. The summed E-state index contributed by atoms with van der Waals surface area (Å²) in [6, 6.07) is 2.52. The summed E-state index contributed by atoms with van der Waals surface area (Å²) in [6.07, 6.45) is 0.990. The third-order valence-corrected chi connectivity index (χ3v) is 4.26. The zero-order chi connectivity index (χ0) is 13.6.